The van der Waals surface area contributed by atoms with Gasteiger partial charge in [0.25, 0.3) is 0 Å². The second-order valence-electron chi connectivity index (χ2n) is 8.67. The SMILES string of the molecule is CC(C)COc1ccc(C2CC(=O)C3=C(C2)NC(=O)CC3c2ccc(Cl)cc2Cl)cc1. The summed E-state index contributed by atoms with van der Waals surface area (Å²) in [6, 6.07) is 13.1. The van der Waals surface area contributed by atoms with Gasteiger partial charge in [0, 0.05) is 40.1 Å². The second kappa shape index (κ2) is 9.05. The predicted molar refractivity (Wildman–Crippen MR) is 123 cm³/mol. The van der Waals surface area contributed by atoms with Crippen molar-refractivity contribution in [3.63, 3.8) is 0 Å². The van der Waals surface area contributed by atoms with E-state index in [1.165, 1.54) is 0 Å². The average Bonchev–Trinajstić information content (AvgIpc) is 2.71. The maximum Gasteiger partial charge on any atom is 0.225 e. The van der Waals surface area contributed by atoms with E-state index in [-0.39, 0.29) is 29.9 Å². The average molecular weight is 458 g/mol. The second-order valence-corrected chi connectivity index (χ2v) is 9.51. The van der Waals surface area contributed by atoms with Gasteiger partial charge in [-0.2, -0.15) is 0 Å². The topological polar surface area (TPSA) is 55.4 Å². The van der Waals surface area contributed by atoms with Crippen molar-refractivity contribution in [2.45, 2.75) is 44.9 Å². The Hall–Kier alpha value is -2.30. The molecule has 0 radical (unpaired) electrons. The van der Waals surface area contributed by atoms with Crippen LogP contribution in [0.15, 0.2) is 53.7 Å². The number of nitrogens with one attached hydrogen (secondary N) is 1. The van der Waals surface area contributed by atoms with E-state index in [1.807, 2.05) is 30.3 Å². The summed E-state index contributed by atoms with van der Waals surface area (Å²) in [7, 11) is 0. The number of benzene rings is 2. The number of hydrogen-bond acceptors (Lipinski definition) is 3. The van der Waals surface area contributed by atoms with Crippen LogP contribution in [-0.4, -0.2) is 18.3 Å². The number of ketones is 1. The van der Waals surface area contributed by atoms with E-state index in [1.54, 1.807) is 12.1 Å². The molecule has 162 valence electrons. The van der Waals surface area contributed by atoms with E-state index >= 15 is 0 Å². The van der Waals surface area contributed by atoms with Crippen LogP contribution in [0.2, 0.25) is 10.0 Å². The minimum absolute atomic E-state index is 0.0186. The first-order valence-electron chi connectivity index (χ1n) is 10.6. The van der Waals surface area contributed by atoms with Crippen molar-refractivity contribution in [1.29, 1.82) is 0 Å². The molecule has 1 amide bonds. The van der Waals surface area contributed by atoms with Gasteiger partial charge in [-0.05, 0) is 53.6 Å². The van der Waals surface area contributed by atoms with Gasteiger partial charge in [-0.3, -0.25) is 9.59 Å². The standard InChI is InChI=1S/C25H25Cl2NO3/c1-14(2)13-31-18-6-3-15(4-7-18)16-9-22-25(23(29)10-16)20(12-24(30)28-22)19-8-5-17(26)11-21(19)27/h3-8,11,14,16,20H,9-10,12-13H2,1-2H3,(H,28,30). The molecule has 31 heavy (non-hydrogen) atoms. The van der Waals surface area contributed by atoms with Gasteiger partial charge >= 0.3 is 0 Å². The molecule has 2 aliphatic rings. The van der Waals surface area contributed by atoms with Gasteiger partial charge in [-0.15, -0.1) is 0 Å². The van der Waals surface area contributed by atoms with Crippen LogP contribution < -0.4 is 10.1 Å². The Morgan fingerprint density at radius 2 is 1.77 bits per heavy atom. The number of carbonyl (C=O) groups excluding carboxylic acids is 2. The van der Waals surface area contributed by atoms with Gasteiger partial charge in [-0.1, -0.05) is 55.2 Å². The molecule has 4 nitrogen and oxygen atoms in total. The third kappa shape index (κ3) is 4.81. The Morgan fingerprint density at radius 1 is 1.03 bits per heavy atom. The maximum absolute atomic E-state index is 13.2. The molecule has 0 saturated carbocycles. The highest BCUT2D eigenvalue weighted by Crippen LogP contribution is 2.44. The predicted octanol–water partition coefficient (Wildman–Crippen LogP) is 6.03. The zero-order valence-corrected chi connectivity index (χ0v) is 19.1. The summed E-state index contributed by atoms with van der Waals surface area (Å²) in [5.41, 5.74) is 3.23. The van der Waals surface area contributed by atoms with E-state index in [9.17, 15) is 9.59 Å². The summed E-state index contributed by atoms with van der Waals surface area (Å²) in [4.78, 5) is 25.7. The lowest BCUT2D eigenvalue weighted by molar-refractivity contribution is -0.122. The summed E-state index contributed by atoms with van der Waals surface area (Å²) in [5, 5.41) is 3.95. The van der Waals surface area contributed by atoms with Crippen LogP contribution in [0.25, 0.3) is 0 Å². The molecule has 0 bridgehead atoms. The van der Waals surface area contributed by atoms with Crippen molar-refractivity contribution in [2.75, 3.05) is 6.61 Å². The van der Waals surface area contributed by atoms with Gasteiger partial charge in [0.15, 0.2) is 5.78 Å². The van der Waals surface area contributed by atoms with Crippen molar-refractivity contribution < 1.29 is 14.3 Å². The van der Waals surface area contributed by atoms with Crippen LogP contribution in [-0.2, 0) is 9.59 Å². The first kappa shape index (κ1) is 21.9. The molecule has 4 rings (SSSR count). The molecule has 0 fully saturated rings. The molecule has 0 aromatic heterocycles. The smallest absolute Gasteiger partial charge is 0.225 e. The van der Waals surface area contributed by atoms with E-state index in [2.05, 4.69) is 19.2 Å². The quantitative estimate of drug-likeness (QED) is 0.595. The molecule has 0 spiro atoms. The molecule has 2 unspecified atom stereocenters. The third-order valence-corrected chi connectivity index (χ3v) is 6.37. The van der Waals surface area contributed by atoms with Gasteiger partial charge in [-0.25, -0.2) is 0 Å². The molecule has 6 heteroatoms. The highest BCUT2D eigenvalue weighted by atomic mass is 35.5. The number of rotatable bonds is 5. The van der Waals surface area contributed by atoms with Crippen molar-refractivity contribution >= 4 is 34.9 Å². The monoisotopic (exact) mass is 457 g/mol. The van der Waals surface area contributed by atoms with Crippen LogP contribution in [0.5, 0.6) is 5.75 Å². The lowest BCUT2D eigenvalue weighted by Crippen LogP contribution is -2.38. The number of allylic oxidation sites excluding steroid dienone is 2. The molecule has 1 aliphatic heterocycles. The van der Waals surface area contributed by atoms with Crippen molar-refractivity contribution in [2.24, 2.45) is 5.92 Å². The van der Waals surface area contributed by atoms with Gasteiger partial charge in [0.1, 0.15) is 5.75 Å². The number of Topliss-reactive ketones (excluding diaryl/α,β-unsaturated/α-hetero) is 1. The van der Waals surface area contributed by atoms with Gasteiger partial charge in [0.05, 0.1) is 6.61 Å². The summed E-state index contributed by atoms with van der Waals surface area (Å²) >= 11 is 12.4. The Labute approximate surface area is 192 Å². The normalized spacial score (nSPS) is 21.2. The van der Waals surface area contributed by atoms with Crippen molar-refractivity contribution in [3.8, 4) is 5.75 Å². The molecule has 0 saturated heterocycles. The zero-order chi connectivity index (χ0) is 22.1. The molecular weight excluding hydrogens is 433 g/mol. The number of halogens is 2. The fourth-order valence-corrected chi connectivity index (χ4v) is 4.88. The van der Waals surface area contributed by atoms with Crippen LogP contribution >= 0.6 is 23.2 Å². The Balaban J connectivity index is 1.60. The summed E-state index contributed by atoms with van der Waals surface area (Å²) in [6.45, 7) is 4.88. The molecule has 2 atom stereocenters. The Morgan fingerprint density at radius 3 is 2.45 bits per heavy atom. The molecule has 1 heterocycles. The van der Waals surface area contributed by atoms with E-state index in [0.717, 1.165) is 16.9 Å². The number of hydrogen-bond donors (Lipinski definition) is 1. The summed E-state index contributed by atoms with van der Waals surface area (Å²) in [5.74, 6) is 0.919. The minimum Gasteiger partial charge on any atom is -0.493 e. The summed E-state index contributed by atoms with van der Waals surface area (Å²) in [6.07, 6.45) is 1.22. The molecule has 2 aromatic carbocycles. The molecule has 2 aromatic rings. The van der Waals surface area contributed by atoms with Gasteiger partial charge < -0.3 is 10.1 Å². The summed E-state index contributed by atoms with van der Waals surface area (Å²) < 4.78 is 5.76. The number of amides is 1. The van der Waals surface area contributed by atoms with Gasteiger partial charge in [0.2, 0.25) is 5.91 Å². The number of carbonyl (C=O) groups is 2. The van der Waals surface area contributed by atoms with E-state index < -0.39 is 0 Å². The first-order valence-corrected chi connectivity index (χ1v) is 11.3. The zero-order valence-electron chi connectivity index (χ0n) is 17.6. The Bertz CT molecular complexity index is 1040. The van der Waals surface area contributed by atoms with E-state index in [0.29, 0.717) is 46.7 Å². The highest BCUT2D eigenvalue weighted by molar-refractivity contribution is 6.35. The lowest BCUT2D eigenvalue weighted by Gasteiger charge is -2.34. The maximum atomic E-state index is 13.2. The van der Waals surface area contributed by atoms with E-state index in [4.69, 9.17) is 27.9 Å². The highest BCUT2D eigenvalue weighted by Gasteiger charge is 2.38. The lowest BCUT2D eigenvalue weighted by atomic mass is 9.73. The fourth-order valence-electron chi connectivity index (χ4n) is 4.34. The van der Waals surface area contributed by atoms with Crippen molar-refractivity contribution in [3.05, 3.63) is 74.9 Å². The molecular formula is C25H25Cl2NO3. The molecule has 1 N–H and O–H groups in total. The van der Waals surface area contributed by atoms with Crippen molar-refractivity contribution in [1.82, 2.24) is 5.32 Å². The largest absolute Gasteiger partial charge is 0.493 e. The number of ether oxygens (including phenoxy) is 1. The van der Waals surface area contributed by atoms with Crippen LogP contribution in [0.4, 0.5) is 0 Å². The molecule has 1 aliphatic carbocycles. The fraction of sp³-hybridized carbons (Fsp3) is 0.360. The first-order chi connectivity index (χ1) is 14.8. The third-order valence-electron chi connectivity index (χ3n) is 5.81. The van der Waals surface area contributed by atoms with Crippen LogP contribution in [0.1, 0.15) is 56.1 Å². The minimum atomic E-state index is -0.339. The Kier molecular flexibility index (Phi) is 6.40. The van der Waals surface area contributed by atoms with Crippen LogP contribution in [0, 0.1) is 5.92 Å². The van der Waals surface area contributed by atoms with Crippen LogP contribution in [0.3, 0.4) is 0 Å².